The molecular weight excluding hydrogens is 508 g/mol. The molecule has 1 atom stereocenters. The summed E-state index contributed by atoms with van der Waals surface area (Å²) in [7, 11) is 1.57. The lowest BCUT2D eigenvalue weighted by atomic mass is 9.96. The van der Waals surface area contributed by atoms with Crippen LogP contribution in [0.2, 0.25) is 0 Å². The van der Waals surface area contributed by atoms with Crippen molar-refractivity contribution in [2.45, 2.75) is 19.9 Å². The van der Waals surface area contributed by atoms with E-state index in [2.05, 4.69) is 20.9 Å². The van der Waals surface area contributed by atoms with E-state index in [0.717, 1.165) is 10.0 Å². The van der Waals surface area contributed by atoms with E-state index in [1.54, 1.807) is 57.4 Å². The first-order valence-corrected chi connectivity index (χ1v) is 11.8. The minimum absolute atomic E-state index is 0.0548. The fraction of sp³-hybridized carbons (Fsp3) is 0.208. The van der Waals surface area contributed by atoms with Gasteiger partial charge in [0.15, 0.2) is 4.80 Å². The van der Waals surface area contributed by atoms with Crippen LogP contribution in [-0.4, -0.2) is 29.4 Å². The molecule has 1 aliphatic rings. The molecule has 4 rings (SSSR count). The lowest BCUT2D eigenvalue weighted by Crippen LogP contribution is -2.39. The van der Waals surface area contributed by atoms with E-state index in [1.165, 1.54) is 15.9 Å². The SMILES string of the molecule is CCOC(=O)C1=C(C)N=c2sc(=Cc3cc(Br)ccc3O)c(=O)n2C1c1ccc(OC)cc1. The molecule has 0 spiro atoms. The number of aromatic hydroxyl groups is 1. The third-order valence-corrected chi connectivity index (χ3v) is 6.70. The third kappa shape index (κ3) is 4.38. The zero-order chi connectivity index (χ0) is 23.7. The van der Waals surface area contributed by atoms with Crippen molar-refractivity contribution in [2.75, 3.05) is 13.7 Å². The number of phenols is 1. The number of phenolic OH excluding ortho intramolecular Hbond substituents is 1. The molecule has 7 nitrogen and oxygen atoms in total. The number of fused-ring (bicyclic) bond motifs is 1. The molecule has 0 bridgehead atoms. The number of aromatic nitrogens is 1. The van der Waals surface area contributed by atoms with E-state index in [1.807, 2.05) is 12.1 Å². The summed E-state index contributed by atoms with van der Waals surface area (Å²) in [5.74, 6) is 0.201. The van der Waals surface area contributed by atoms with Crippen molar-refractivity contribution in [3.8, 4) is 11.5 Å². The molecule has 0 fully saturated rings. The van der Waals surface area contributed by atoms with Crippen molar-refractivity contribution in [1.29, 1.82) is 0 Å². The Morgan fingerprint density at radius 2 is 2.00 bits per heavy atom. The molecule has 0 amide bonds. The van der Waals surface area contributed by atoms with E-state index in [9.17, 15) is 14.7 Å². The number of nitrogens with zero attached hydrogens (tertiary/aromatic N) is 2. The van der Waals surface area contributed by atoms with Crippen molar-refractivity contribution in [3.05, 3.63) is 89.0 Å². The largest absolute Gasteiger partial charge is 0.507 e. The molecule has 0 radical (unpaired) electrons. The van der Waals surface area contributed by atoms with Crippen LogP contribution in [0.3, 0.4) is 0 Å². The standard InChI is InChI=1S/C24H21BrN2O5S/c1-4-32-23(30)20-13(2)26-24-27(21(20)14-5-8-17(31-3)9-6-14)22(29)19(33-24)12-15-11-16(25)7-10-18(15)28/h5-12,21,28H,4H2,1-3H3. The molecule has 9 heteroatoms. The number of thiazole rings is 1. The number of hydrogen-bond donors (Lipinski definition) is 1. The van der Waals surface area contributed by atoms with Gasteiger partial charge in [0.25, 0.3) is 5.56 Å². The molecular formula is C24H21BrN2O5S. The van der Waals surface area contributed by atoms with Crippen LogP contribution in [0.5, 0.6) is 11.5 Å². The number of rotatable bonds is 5. The number of ether oxygens (including phenoxy) is 2. The maximum Gasteiger partial charge on any atom is 0.338 e. The van der Waals surface area contributed by atoms with E-state index in [0.29, 0.717) is 31.9 Å². The van der Waals surface area contributed by atoms with Gasteiger partial charge in [0.05, 0.1) is 35.6 Å². The summed E-state index contributed by atoms with van der Waals surface area (Å²) < 4.78 is 13.2. The van der Waals surface area contributed by atoms with Crippen LogP contribution in [-0.2, 0) is 9.53 Å². The molecule has 1 aliphatic heterocycles. The molecule has 1 N–H and O–H groups in total. The molecule has 2 aromatic carbocycles. The second-order valence-electron chi connectivity index (χ2n) is 7.28. The van der Waals surface area contributed by atoms with E-state index in [4.69, 9.17) is 9.47 Å². The second-order valence-corrected chi connectivity index (χ2v) is 9.20. The summed E-state index contributed by atoms with van der Waals surface area (Å²) in [6.45, 7) is 3.67. The second kappa shape index (κ2) is 9.36. The Morgan fingerprint density at radius 3 is 2.67 bits per heavy atom. The first kappa shape index (κ1) is 23.0. The number of methoxy groups -OCH3 is 1. The molecule has 2 heterocycles. The van der Waals surface area contributed by atoms with Gasteiger partial charge in [-0.3, -0.25) is 9.36 Å². The molecule has 0 saturated heterocycles. The highest BCUT2D eigenvalue weighted by atomic mass is 79.9. The van der Waals surface area contributed by atoms with Crippen molar-refractivity contribution in [3.63, 3.8) is 0 Å². The Balaban J connectivity index is 1.96. The Hall–Kier alpha value is -3.17. The summed E-state index contributed by atoms with van der Waals surface area (Å²) in [5, 5.41) is 10.2. The number of carbonyl (C=O) groups excluding carboxylic acids is 1. The lowest BCUT2D eigenvalue weighted by Gasteiger charge is -2.24. The van der Waals surface area contributed by atoms with Gasteiger partial charge in [-0.25, -0.2) is 9.79 Å². The van der Waals surface area contributed by atoms with Gasteiger partial charge in [0, 0.05) is 10.0 Å². The summed E-state index contributed by atoms with van der Waals surface area (Å²) in [6.07, 6.45) is 1.62. The quantitative estimate of drug-likeness (QED) is 0.513. The number of benzene rings is 2. The van der Waals surface area contributed by atoms with Crippen LogP contribution in [0, 0.1) is 0 Å². The van der Waals surface area contributed by atoms with Crippen molar-refractivity contribution < 1.29 is 19.4 Å². The van der Waals surface area contributed by atoms with Crippen LogP contribution in [0.1, 0.15) is 31.0 Å². The Labute approximate surface area is 202 Å². The molecule has 0 aliphatic carbocycles. The maximum atomic E-state index is 13.5. The highest BCUT2D eigenvalue weighted by Gasteiger charge is 2.33. The first-order chi connectivity index (χ1) is 15.8. The minimum Gasteiger partial charge on any atom is -0.507 e. The smallest absolute Gasteiger partial charge is 0.338 e. The predicted octanol–water partition coefficient (Wildman–Crippen LogP) is 3.28. The minimum atomic E-state index is -0.704. The molecule has 0 saturated carbocycles. The Morgan fingerprint density at radius 1 is 1.27 bits per heavy atom. The Bertz CT molecular complexity index is 1440. The van der Waals surface area contributed by atoms with Crippen LogP contribution in [0.4, 0.5) is 0 Å². The average Bonchev–Trinajstić information content (AvgIpc) is 3.10. The van der Waals surface area contributed by atoms with Crippen molar-refractivity contribution >= 4 is 39.3 Å². The molecule has 3 aromatic rings. The van der Waals surface area contributed by atoms with Gasteiger partial charge in [0.1, 0.15) is 11.5 Å². The number of hydrogen-bond acceptors (Lipinski definition) is 7. The Kier molecular flexibility index (Phi) is 6.53. The number of allylic oxidation sites excluding steroid dienone is 1. The number of esters is 1. The molecule has 170 valence electrons. The summed E-state index contributed by atoms with van der Waals surface area (Å²) in [4.78, 5) is 31.4. The van der Waals surface area contributed by atoms with Gasteiger partial charge in [-0.15, -0.1) is 0 Å². The highest BCUT2D eigenvalue weighted by molar-refractivity contribution is 9.10. The lowest BCUT2D eigenvalue weighted by molar-refractivity contribution is -0.139. The average molecular weight is 529 g/mol. The van der Waals surface area contributed by atoms with Gasteiger partial charge >= 0.3 is 5.97 Å². The summed E-state index contributed by atoms with van der Waals surface area (Å²) in [6, 6.07) is 11.5. The van der Waals surface area contributed by atoms with Crippen molar-refractivity contribution in [1.82, 2.24) is 4.57 Å². The van der Waals surface area contributed by atoms with Crippen molar-refractivity contribution in [2.24, 2.45) is 4.99 Å². The molecule has 1 aromatic heterocycles. The number of carbonyl (C=O) groups is 1. The third-order valence-electron chi connectivity index (χ3n) is 5.22. The normalized spacial score (nSPS) is 15.8. The zero-order valence-electron chi connectivity index (χ0n) is 18.2. The highest BCUT2D eigenvalue weighted by Crippen LogP contribution is 2.31. The monoisotopic (exact) mass is 528 g/mol. The first-order valence-electron chi connectivity index (χ1n) is 10.2. The van der Waals surface area contributed by atoms with E-state index >= 15 is 0 Å². The number of halogens is 1. The van der Waals surface area contributed by atoms with Gasteiger partial charge in [-0.2, -0.15) is 0 Å². The van der Waals surface area contributed by atoms with E-state index in [-0.39, 0.29) is 17.9 Å². The molecule has 1 unspecified atom stereocenters. The van der Waals surface area contributed by atoms with Crippen LogP contribution < -0.4 is 19.6 Å². The van der Waals surface area contributed by atoms with Gasteiger partial charge < -0.3 is 14.6 Å². The summed E-state index contributed by atoms with van der Waals surface area (Å²) in [5.41, 5.74) is 1.72. The maximum absolute atomic E-state index is 13.5. The molecule has 33 heavy (non-hydrogen) atoms. The van der Waals surface area contributed by atoms with Crippen LogP contribution in [0.15, 0.2) is 68.0 Å². The van der Waals surface area contributed by atoms with Gasteiger partial charge in [0.2, 0.25) is 0 Å². The van der Waals surface area contributed by atoms with E-state index < -0.39 is 12.0 Å². The fourth-order valence-electron chi connectivity index (χ4n) is 3.68. The van der Waals surface area contributed by atoms with Gasteiger partial charge in [-0.05, 0) is 55.8 Å². The zero-order valence-corrected chi connectivity index (χ0v) is 20.6. The van der Waals surface area contributed by atoms with Crippen LogP contribution in [0.25, 0.3) is 6.08 Å². The van der Waals surface area contributed by atoms with Crippen LogP contribution >= 0.6 is 27.3 Å². The fourth-order valence-corrected chi connectivity index (χ4v) is 5.09. The topological polar surface area (TPSA) is 90.1 Å². The predicted molar refractivity (Wildman–Crippen MR) is 129 cm³/mol. The van der Waals surface area contributed by atoms with Gasteiger partial charge in [-0.1, -0.05) is 39.4 Å². The summed E-state index contributed by atoms with van der Waals surface area (Å²) >= 11 is 4.58.